The van der Waals surface area contributed by atoms with Crippen LogP contribution in [-0.2, 0) is 6.42 Å². The van der Waals surface area contributed by atoms with Gasteiger partial charge < -0.3 is 10.1 Å². The Morgan fingerprint density at radius 3 is 2.79 bits per heavy atom. The molecule has 19 heavy (non-hydrogen) atoms. The highest BCUT2D eigenvalue weighted by atomic mass is 16.5. The zero-order valence-corrected chi connectivity index (χ0v) is 11.7. The standard InChI is InChI=1S/C16H20N2O/c1-12-6-4-7-13(10-12)11-14(17-2)16-15(19-3)8-5-9-18-16/h4-10,14,17H,11H2,1-3H3. The zero-order chi connectivity index (χ0) is 13.7. The Kier molecular flexibility index (Phi) is 4.53. The molecule has 0 bridgehead atoms. The molecule has 0 saturated heterocycles. The molecule has 1 N–H and O–H groups in total. The summed E-state index contributed by atoms with van der Waals surface area (Å²) in [5.41, 5.74) is 3.53. The van der Waals surface area contributed by atoms with Gasteiger partial charge in [-0.25, -0.2) is 0 Å². The Bertz CT molecular complexity index is 540. The van der Waals surface area contributed by atoms with Crippen LogP contribution in [0.4, 0.5) is 0 Å². The van der Waals surface area contributed by atoms with E-state index in [1.165, 1.54) is 11.1 Å². The fourth-order valence-electron chi connectivity index (χ4n) is 2.25. The van der Waals surface area contributed by atoms with Gasteiger partial charge in [-0.05, 0) is 38.1 Å². The van der Waals surface area contributed by atoms with Crippen molar-refractivity contribution in [1.29, 1.82) is 0 Å². The maximum atomic E-state index is 5.39. The maximum Gasteiger partial charge on any atom is 0.141 e. The minimum absolute atomic E-state index is 0.151. The molecule has 3 nitrogen and oxygen atoms in total. The number of pyridine rings is 1. The fourth-order valence-corrected chi connectivity index (χ4v) is 2.25. The minimum Gasteiger partial charge on any atom is -0.495 e. The Morgan fingerprint density at radius 2 is 2.11 bits per heavy atom. The summed E-state index contributed by atoms with van der Waals surface area (Å²) in [7, 11) is 3.63. The van der Waals surface area contributed by atoms with Gasteiger partial charge in [0.1, 0.15) is 5.75 Å². The number of hydrogen-bond donors (Lipinski definition) is 1. The molecule has 2 aromatic rings. The summed E-state index contributed by atoms with van der Waals surface area (Å²) in [6.45, 7) is 2.11. The summed E-state index contributed by atoms with van der Waals surface area (Å²) in [4.78, 5) is 4.45. The first-order chi connectivity index (χ1) is 9.24. The van der Waals surface area contributed by atoms with Gasteiger partial charge in [0.25, 0.3) is 0 Å². The lowest BCUT2D eigenvalue weighted by Gasteiger charge is -2.18. The maximum absolute atomic E-state index is 5.39. The average Bonchev–Trinajstić information content (AvgIpc) is 2.45. The van der Waals surface area contributed by atoms with Crippen LogP contribution >= 0.6 is 0 Å². The van der Waals surface area contributed by atoms with E-state index in [0.29, 0.717) is 0 Å². The predicted molar refractivity (Wildman–Crippen MR) is 77.5 cm³/mol. The second-order valence-corrected chi connectivity index (χ2v) is 4.63. The first-order valence-electron chi connectivity index (χ1n) is 6.46. The molecule has 1 atom stereocenters. The molecule has 0 saturated carbocycles. The molecule has 0 aliphatic heterocycles. The van der Waals surface area contributed by atoms with Gasteiger partial charge >= 0.3 is 0 Å². The smallest absolute Gasteiger partial charge is 0.141 e. The number of methoxy groups -OCH3 is 1. The largest absolute Gasteiger partial charge is 0.495 e. The van der Waals surface area contributed by atoms with Crippen LogP contribution in [0.5, 0.6) is 5.75 Å². The number of aryl methyl sites for hydroxylation is 1. The molecule has 1 heterocycles. The molecule has 100 valence electrons. The highest BCUT2D eigenvalue weighted by Gasteiger charge is 2.16. The van der Waals surface area contributed by atoms with Crippen LogP contribution in [0.2, 0.25) is 0 Å². The van der Waals surface area contributed by atoms with Gasteiger partial charge in [-0.1, -0.05) is 29.8 Å². The van der Waals surface area contributed by atoms with E-state index in [2.05, 4.69) is 41.5 Å². The van der Waals surface area contributed by atoms with Gasteiger partial charge in [0.05, 0.1) is 18.8 Å². The Morgan fingerprint density at radius 1 is 1.26 bits per heavy atom. The molecular weight excluding hydrogens is 236 g/mol. The van der Waals surface area contributed by atoms with Gasteiger partial charge in [-0.2, -0.15) is 0 Å². The van der Waals surface area contributed by atoms with E-state index in [-0.39, 0.29) is 6.04 Å². The molecule has 0 spiro atoms. The second-order valence-electron chi connectivity index (χ2n) is 4.63. The van der Waals surface area contributed by atoms with E-state index < -0.39 is 0 Å². The summed E-state index contributed by atoms with van der Waals surface area (Å²) < 4.78 is 5.39. The molecule has 3 heteroatoms. The molecule has 1 aromatic heterocycles. The van der Waals surface area contributed by atoms with Crippen molar-refractivity contribution >= 4 is 0 Å². The number of aromatic nitrogens is 1. The van der Waals surface area contributed by atoms with E-state index in [1.54, 1.807) is 13.3 Å². The van der Waals surface area contributed by atoms with Crippen LogP contribution in [0, 0.1) is 6.92 Å². The summed E-state index contributed by atoms with van der Waals surface area (Å²) in [5, 5.41) is 3.32. The van der Waals surface area contributed by atoms with Crippen LogP contribution in [0.1, 0.15) is 22.9 Å². The number of benzene rings is 1. The molecule has 0 aliphatic carbocycles. The summed E-state index contributed by atoms with van der Waals surface area (Å²) in [6.07, 6.45) is 2.70. The van der Waals surface area contributed by atoms with Crippen molar-refractivity contribution in [3.8, 4) is 5.75 Å². The zero-order valence-electron chi connectivity index (χ0n) is 11.7. The van der Waals surface area contributed by atoms with Gasteiger partial charge in [0, 0.05) is 6.20 Å². The molecule has 1 unspecified atom stereocenters. The first-order valence-corrected chi connectivity index (χ1v) is 6.46. The number of hydrogen-bond acceptors (Lipinski definition) is 3. The van der Waals surface area contributed by atoms with Crippen molar-refractivity contribution in [3.05, 3.63) is 59.4 Å². The minimum atomic E-state index is 0.151. The highest BCUT2D eigenvalue weighted by Crippen LogP contribution is 2.25. The molecule has 2 rings (SSSR count). The molecular formula is C16H20N2O. The monoisotopic (exact) mass is 256 g/mol. The molecule has 0 radical (unpaired) electrons. The lowest BCUT2D eigenvalue weighted by molar-refractivity contribution is 0.396. The van der Waals surface area contributed by atoms with Crippen LogP contribution in [0.15, 0.2) is 42.6 Å². The van der Waals surface area contributed by atoms with E-state index >= 15 is 0 Å². The van der Waals surface area contributed by atoms with E-state index in [9.17, 15) is 0 Å². The van der Waals surface area contributed by atoms with Crippen molar-refractivity contribution < 1.29 is 4.74 Å². The average molecular weight is 256 g/mol. The van der Waals surface area contributed by atoms with E-state index in [0.717, 1.165) is 17.9 Å². The van der Waals surface area contributed by atoms with Crippen LogP contribution < -0.4 is 10.1 Å². The second kappa shape index (κ2) is 6.34. The van der Waals surface area contributed by atoms with Crippen LogP contribution in [0.3, 0.4) is 0 Å². The van der Waals surface area contributed by atoms with Gasteiger partial charge in [-0.3, -0.25) is 4.98 Å². The Balaban J connectivity index is 2.25. The Labute approximate surface area is 114 Å². The summed E-state index contributed by atoms with van der Waals surface area (Å²) in [6, 6.07) is 12.5. The lowest BCUT2D eigenvalue weighted by atomic mass is 10.0. The fraction of sp³-hybridized carbons (Fsp3) is 0.312. The number of likely N-dealkylation sites (N-methyl/N-ethyl adjacent to an activating group) is 1. The third kappa shape index (κ3) is 3.32. The molecule has 0 amide bonds. The molecule has 0 fully saturated rings. The SMILES string of the molecule is CNC(Cc1cccc(C)c1)c1ncccc1OC. The summed E-state index contributed by atoms with van der Waals surface area (Å²) in [5.74, 6) is 0.828. The molecule has 0 aliphatic rings. The van der Waals surface area contributed by atoms with Crippen molar-refractivity contribution in [3.63, 3.8) is 0 Å². The first kappa shape index (κ1) is 13.6. The van der Waals surface area contributed by atoms with E-state index in [4.69, 9.17) is 4.74 Å². The number of nitrogens with zero attached hydrogens (tertiary/aromatic N) is 1. The quantitative estimate of drug-likeness (QED) is 0.893. The van der Waals surface area contributed by atoms with Gasteiger partial charge in [0.2, 0.25) is 0 Å². The lowest BCUT2D eigenvalue weighted by Crippen LogP contribution is -2.20. The number of nitrogens with one attached hydrogen (secondary N) is 1. The normalized spacial score (nSPS) is 12.2. The molecule has 1 aromatic carbocycles. The van der Waals surface area contributed by atoms with Crippen molar-refractivity contribution in [2.45, 2.75) is 19.4 Å². The Hall–Kier alpha value is -1.87. The highest BCUT2D eigenvalue weighted by molar-refractivity contribution is 5.32. The third-order valence-corrected chi connectivity index (χ3v) is 3.22. The van der Waals surface area contributed by atoms with Gasteiger partial charge in [0.15, 0.2) is 0 Å². The van der Waals surface area contributed by atoms with Crippen LogP contribution in [0.25, 0.3) is 0 Å². The van der Waals surface area contributed by atoms with E-state index in [1.807, 2.05) is 19.2 Å². The van der Waals surface area contributed by atoms with Crippen LogP contribution in [-0.4, -0.2) is 19.1 Å². The van der Waals surface area contributed by atoms with Crippen molar-refractivity contribution in [1.82, 2.24) is 10.3 Å². The predicted octanol–water partition coefficient (Wildman–Crippen LogP) is 2.90. The summed E-state index contributed by atoms with van der Waals surface area (Å²) >= 11 is 0. The van der Waals surface area contributed by atoms with Gasteiger partial charge in [-0.15, -0.1) is 0 Å². The third-order valence-electron chi connectivity index (χ3n) is 3.22. The number of rotatable bonds is 5. The topological polar surface area (TPSA) is 34.2 Å². The number of ether oxygens (including phenoxy) is 1. The van der Waals surface area contributed by atoms with Crippen molar-refractivity contribution in [2.24, 2.45) is 0 Å². The van der Waals surface area contributed by atoms with Crippen molar-refractivity contribution in [2.75, 3.05) is 14.2 Å².